The summed E-state index contributed by atoms with van der Waals surface area (Å²) in [6.45, 7) is 5.18. The Hall–Kier alpha value is -3.46. The zero-order valence-corrected chi connectivity index (χ0v) is 17.6. The van der Waals surface area contributed by atoms with Crippen LogP contribution in [0.1, 0.15) is 35.1 Å². The van der Waals surface area contributed by atoms with E-state index in [4.69, 9.17) is 4.52 Å². The molecular weight excluding hydrogens is 406 g/mol. The monoisotopic (exact) mass is 427 g/mol. The fourth-order valence-electron chi connectivity index (χ4n) is 2.96. The van der Waals surface area contributed by atoms with E-state index in [1.54, 1.807) is 43.3 Å². The van der Waals surface area contributed by atoms with Gasteiger partial charge in [0.2, 0.25) is 5.76 Å². The molecule has 0 aliphatic rings. The van der Waals surface area contributed by atoms with E-state index in [2.05, 4.69) is 9.88 Å². The van der Waals surface area contributed by atoms with Gasteiger partial charge < -0.3 is 4.52 Å². The molecule has 30 heavy (non-hydrogen) atoms. The van der Waals surface area contributed by atoms with Gasteiger partial charge >= 0.3 is 5.69 Å². The first-order valence-corrected chi connectivity index (χ1v) is 10.7. The number of rotatable bonds is 7. The van der Waals surface area contributed by atoms with Crippen LogP contribution < -0.4 is 4.72 Å². The maximum Gasteiger partial charge on any atom is 0.338 e. The highest BCUT2D eigenvalue weighted by molar-refractivity contribution is 7.92. The van der Waals surface area contributed by atoms with E-state index in [1.165, 1.54) is 19.1 Å². The standard InChI is InChI=1S/C21H21N3O5S/c1-4-16-6-5-7-18(12-16)23-30(27,28)20-13-17(9-8-14(20)2)10-11-19-21(24(25)26)15(3)22-29-19/h5-13,23H,4H2,1-3H3. The molecular formula is C21H21N3O5S. The largest absolute Gasteiger partial charge is 0.349 e. The number of hydrogen-bond donors (Lipinski definition) is 1. The second kappa shape index (κ2) is 8.50. The van der Waals surface area contributed by atoms with Crippen molar-refractivity contribution in [3.05, 3.63) is 80.7 Å². The van der Waals surface area contributed by atoms with E-state index < -0.39 is 14.9 Å². The number of aryl methyl sites for hydroxylation is 3. The number of hydrogen-bond acceptors (Lipinski definition) is 6. The quantitative estimate of drug-likeness (QED) is 0.430. The summed E-state index contributed by atoms with van der Waals surface area (Å²) in [7, 11) is -3.82. The summed E-state index contributed by atoms with van der Waals surface area (Å²) in [6.07, 6.45) is 3.74. The van der Waals surface area contributed by atoms with Crippen molar-refractivity contribution in [1.29, 1.82) is 0 Å². The molecule has 0 saturated carbocycles. The smallest absolute Gasteiger partial charge is 0.338 e. The van der Waals surface area contributed by atoms with E-state index in [9.17, 15) is 18.5 Å². The minimum atomic E-state index is -3.82. The van der Waals surface area contributed by atoms with Gasteiger partial charge in [0.25, 0.3) is 10.0 Å². The van der Waals surface area contributed by atoms with E-state index >= 15 is 0 Å². The van der Waals surface area contributed by atoms with Crippen molar-refractivity contribution in [2.24, 2.45) is 0 Å². The van der Waals surface area contributed by atoms with Crippen LogP contribution in [0.15, 0.2) is 51.9 Å². The highest BCUT2D eigenvalue weighted by Crippen LogP contribution is 2.26. The van der Waals surface area contributed by atoms with Crippen LogP contribution in [0, 0.1) is 24.0 Å². The minimum absolute atomic E-state index is 0.00279. The zero-order chi connectivity index (χ0) is 21.9. The molecule has 3 rings (SSSR count). The number of benzene rings is 2. The molecule has 0 aliphatic heterocycles. The summed E-state index contributed by atoms with van der Waals surface area (Å²) in [5.41, 5.74) is 2.59. The predicted molar refractivity (Wildman–Crippen MR) is 115 cm³/mol. The number of aromatic nitrogens is 1. The highest BCUT2D eigenvalue weighted by Gasteiger charge is 2.22. The van der Waals surface area contributed by atoms with Gasteiger partial charge in [0.05, 0.1) is 9.82 Å². The second-order valence-electron chi connectivity index (χ2n) is 6.76. The first-order valence-electron chi connectivity index (χ1n) is 9.22. The number of sulfonamides is 1. The van der Waals surface area contributed by atoms with Crippen molar-refractivity contribution in [2.75, 3.05) is 4.72 Å². The highest BCUT2D eigenvalue weighted by atomic mass is 32.2. The molecule has 156 valence electrons. The van der Waals surface area contributed by atoms with Gasteiger partial charge in [-0.2, -0.15) is 0 Å². The van der Waals surface area contributed by atoms with Gasteiger partial charge in [0.1, 0.15) is 0 Å². The lowest BCUT2D eigenvalue weighted by molar-refractivity contribution is -0.386. The van der Waals surface area contributed by atoms with Gasteiger partial charge in [-0.1, -0.05) is 42.4 Å². The van der Waals surface area contributed by atoms with Gasteiger partial charge in [0.15, 0.2) is 5.69 Å². The Morgan fingerprint density at radius 2 is 1.93 bits per heavy atom. The number of nitrogens with zero attached hydrogens (tertiary/aromatic N) is 2. The first kappa shape index (κ1) is 21.3. The molecule has 1 heterocycles. The van der Waals surface area contributed by atoms with Gasteiger partial charge in [0, 0.05) is 5.69 Å². The van der Waals surface area contributed by atoms with Crippen molar-refractivity contribution in [3.63, 3.8) is 0 Å². The molecule has 0 saturated heterocycles. The summed E-state index contributed by atoms with van der Waals surface area (Å²) in [6, 6.07) is 12.1. The molecule has 8 nitrogen and oxygen atoms in total. The van der Waals surface area contributed by atoms with E-state index in [0.29, 0.717) is 16.8 Å². The van der Waals surface area contributed by atoms with Crippen LogP contribution in [-0.4, -0.2) is 18.5 Å². The van der Waals surface area contributed by atoms with Crippen LogP contribution in [0.4, 0.5) is 11.4 Å². The molecule has 3 aromatic rings. The summed E-state index contributed by atoms with van der Waals surface area (Å²) < 4.78 is 33.5. The molecule has 1 N–H and O–H groups in total. The van der Waals surface area contributed by atoms with Crippen molar-refractivity contribution in [3.8, 4) is 0 Å². The fraction of sp³-hybridized carbons (Fsp3) is 0.190. The third kappa shape index (κ3) is 4.57. The van der Waals surface area contributed by atoms with E-state index in [-0.39, 0.29) is 22.0 Å². The summed E-state index contributed by atoms with van der Waals surface area (Å²) in [5, 5.41) is 14.8. The Labute approximate surface area is 174 Å². The Morgan fingerprint density at radius 3 is 2.63 bits per heavy atom. The van der Waals surface area contributed by atoms with Crippen LogP contribution in [0.25, 0.3) is 12.2 Å². The van der Waals surface area contributed by atoms with Crippen molar-refractivity contribution in [1.82, 2.24) is 5.16 Å². The Balaban J connectivity index is 1.92. The third-order valence-corrected chi connectivity index (χ3v) is 6.08. The van der Waals surface area contributed by atoms with E-state index in [1.807, 2.05) is 13.0 Å². The molecule has 0 bridgehead atoms. The van der Waals surface area contributed by atoms with Gasteiger partial charge in [-0.3, -0.25) is 14.8 Å². The Bertz CT molecular complexity index is 1230. The molecule has 9 heteroatoms. The maximum atomic E-state index is 12.9. The lowest BCUT2D eigenvalue weighted by Crippen LogP contribution is -2.14. The number of nitro groups is 1. The number of nitrogens with one attached hydrogen (secondary N) is 1. The topological polar surface area (TPSA) is 115 Å². The molecule has 1 aromatic heterocycles. The van der Waals surface area contributed by atoms with Crippen LogP contribution in [0.5, 0.6) is 0 Å². The molecule has 0 fully saturated rings. The summed E-state index contributed by atoms with van der Waals surface area (Å²) >= 11 is 0. The summed E-state index contributed by atoms with van der Waals surface area (Å²) in [4.78, 5) is 10.7. The van der Waals surface area contributed by atoms with Crippen LogP contribution in [0.2, 0.25) is 0 Å². The average molecular weight is 427 g/mol. The van der Waals surface area contributed by atoms with E-state index in [0.717, 1.165) is 12.0 Å². The Kier molecular flexibility index (Phi) is 6.02. The van der Waals surface area contributed by atoms with Gasteiger partial charge in [-0.25, -0.2) is 8.42 Å². The third-order valence-electron chi connectivity index (χ3n) is 4.56. The molecule has 0 unspecified atom stereocenters. The zero-order valence-electron chi connectivity index (χ0n) is 16.7. The lowest BCUT2D eigenvalue weighted by atomic mass is 10.1. The van der Waals surface area contributed by atoms with Gasteiger partial charge in [-0.05, 0) is 61.2 Å². The lowest BCUT2D eigenvalue weighted by Gasteiger charge is -2.12. The minimum Gasteiger partial charge on any atom is -0.349 e. The molecule has 2 aromatic carbocycles. The first-order chi connectivity index (χ1) is 14.2. The fourth-order valence-corrected chi connectivity index (χ4v) is 4.29. The van der Waals surface area contributed by atoms with Crippen LogP contribution >= 0.6 is 0 Å². The molecule has 0 aliphatic carbocycles. The molecule has 0 atom stereocenters. The second-order valence-corrected chi connectivity index (χ2v) is 8.41. The Morgan fingerprint density at radius 1 is 1.17 bits per heavy atom. The average Bonchev–Trinajstić information content (AvgIpc) is 3.07. The van der Waals surface area contributed by atoms with Crippen LogP contribution in [0.3, 0.4) is 0 Å². The molecule has 0 spiro atoms. The predicted octanol–water partition coefficient (Wildman–Crippen LogP) is 4.73. The van der Waals surface area contributed by atoms with Gasteiger partial charge in [-0.15, -0.1) is 0 Å². The number of anilines is 1. The van der Waals surface area contributed by atoms with Crippen molar-refractivity contribution in [2.45, 2.75) is 32.1 Å². The van der Waals surface area contributed by atoms with Crippen molar-refractivity contribution < 1.29 is 17.9 Å². The molecule has 0 amide bonds. The molecule has 0 radical (unpaired) electrons. The van der Waals surface area contributed by atoms with Crippen LogP contribution in [-0.2, 0) is 16.4 Å². The SMILES string of the molecule is CCc1cccc(NS(=O)(=O)c2cc(C=Cc3onc(C)c3[N+](=O)[O-])ccc2C)c1. The van der Waals surface area contributed by atoms with Crippen molar-refractivity contribution >= 4 is 33.6 Å². The summed E-state index contributed by atoms with van der Waals surface area (Å²) in [5.74, 6) is -0.00279. The normalized spacial score (nSPS) is 11.7. The maximum absolute atomic E-state index is 12.9.